The summed E-state index contributed by atoms with van der Waals surface area (Å²) in [5.41, 5.74) is 12.8. The minimum atomic E-state index is -0.695. The minimum absolute atomic E-state index is 0.0274. The number of aryl methyl sites for hydroxylation is 2. The fraction of sp³-hybridized carbons (Fsp3) is 0.383. The summed E-state index contributed by atoms with van der Waals surface area (Å²) < 4.78 is 22.9. The number of hydrogen-bond donors (Lipinski definition) is 4. The molecule has 0 spiro atoms. The summed E-state index contributed by atoms with van der Waals surface area (Å²) in [6.45, 7) is 12.6. The number of ether oxygens (including phenoxy) is 4. The van der Waals surface area contributed by atoms with E-state index in [0.717, 1.165) is 78.5 Å². The lowest BCUT2D eigenvalue weighted by Gasteiger charge is -2.29. The molecule has 3 saturated heterocycles. The molecule has 0 saturated carbocycles. The lowest BCUT2D eigenvalue weighted by atomic mass is 9.86. The molecule has 4 aromatic heterocycles. The summed E-state index contributed by atoms with van der Waals surface area (Å²) in [6, 6.07) is 34.8. The average Bonchev–Trinajstić information content (AvgIpc) is 0.932. The van der Waals surface area contributed by atoms with Gasteiger partial charge < -0.3 is 50.0 Å². The Morgan fingerprint density at radius 3 is 1.41 bits per heavy atom. The lowest BCUT2D eigenvalue weighted by Crippen LogP contribution is -2.43. The molecule has 7 heterocycles. The van der Waals surface area contributed by atoms with E-state index in [9.17, 15) is 28.8 Å². The quantitative estimate of drug-likeness (QED) is 0.0588. The van der Waals surface area contributed by atoms with E-state index in [2.05, 4.69) is 44.5 Å². The van der Waals surface area contributed by atoms with Crippen LogP contribution in [0.1, 0.15) is 150 Å². The molecule has 24 heteroatoms. The number of fused-ring (bicyclic) bond motifs is 2. The van der Waals surface area contributed by atoms with Gasteiger partial charge in [0, 0.05) is 143 Å². The molecule has 105 heavy (non-hydrogen) atoms. The van der Waals surface area contributed by atoms with Crippen LogP contribution in [0.4, 0.5) is 9.59 Å². The van der Waals surface area contributed by atoms with Gasteiger partial charge in [0.2, 0.25) is 29.5 Å². The van der Waals surface area contributed by atoms with Gasteiger partial charge in [-0.25, -0.2) is 19.6 Å². The fourth-order valence-electron chi connectivity index (χ4n) is 14.1. The highest BCUT2D eigenvalue weighted by Crippen LogP contribution is 2.45. The van der Waals surface area contributed by atoms with Crippen LogP contribution >= 0.6 is 46.4 Å². The highest BCUT2D eigenvalue weighted by atomic mass is 35.5. The molecule has 0 bridgehead atoms. The SMILES string of the molecule is COc1nc(-c2cccc(-c3ccnc(-c4ccc5c(c4)CCCC5=O)c3Cl)c2Cl)ccc1CN(C[C@@H]1CCC(=O)N1)C(=O)OC(C)(C)C.COc1nc(-c2cccc(-c3ccnc(-c4ccc5c(c4)CCCC5NC[C@@H]4CCC(=O)N4)c3Cl)c2Cl)ccc1CN(C[C@@H]1CCC(=O)N1)C(=O)OC(C)(C)C. The predicted octanol–water partition coefficient (Wildman–Crippen LogP) is 16.4. The number of amides is 5. The average molecular weight is 1500 g/mol. The minimum Gasteiger partial charge on any atom is -0.481 e. The van der Waals surface area contributed by atoms with E-state index < -0.39 is 23.4 Å². The molecule has 4 aromatic carbocycles. The van der Waals surface area contributed by atoms with Crippen LogP contribution in [0.25, 0.3) is 67.3 Å². The molecule has 2 aliphatic carbocycles. The number of ketones is 1. The van der Waals surface area contributed by atoms with Gasteiger partial charge in [0.05, 0.1) is 70.2 Å². The highest BCUT2D eigenvalue weighted by Gasteiger charge is 2.33. The summed E-state index contributed by atoms with van der Waals surface area (Å²) >= 11 is 28.5. The van der Waals surface area contributed by atoms with Crippen LogP contribution in [0.5, 0.6) is 11.8 Å². The Morgan fingerprint density at radius 2 is 0.943 bits per heavy atom. The first-order valence-corrected chi connectivity index (χ1v) is 37.1. The molecule has 4 N–H and O–H groups in total. The van der Waals surface area contributed by atoms with E-state index in [1.54, 1.807) is 22.2 Å². The molecule has 3 aliphatic heterocycles. The third kappa shape index (κ3) is 18.0. The van der Waals surface area contributed by atoms with E-state index in [4.69, 9.17) is 80.3 Å². The van der Waals surface area contributed by atoms with Gasteiger partial charge in [-0.3, -0.25) is 29.1 Å². The van der Waals surface area contributed by atoms with Crippen molar-refractivity contribution in [3.63, 3.8) is 0 Å². The van der Waals surface area contributed by atoms with Gasteiger partial charge in [-0.15, -0.1) is 0 Å². The van der Waals surface area contributed by atoms with Crippen molar-refractivity contribution in [1.29, 1.82) is 0 Å². The molecule has 1 unspecified atom stereocenters. The number of carbonyl (C=O) groups is 6. The third-order valence-corrected chi connectivity index (χ3v) is 20.8. The third-order valence-electron chi connectivity index (χ3n) is 19.2. The molecule has 4 atom stereocenters. The number of Topliss-reactive ketones (excluding diaryl/α,β-unsaturated/α-hetero) is 1. The second-order valence-corrected chi connectivity index (χ2v) is 30.7. The van der Waals surface area contributed by atoms with Gasteiger partial charge >= 0.3 is 12.2 Å². The monoisotopic (exact) mass is 1500 g/mol. The second kappa shape index (κ2) is 32.7. The number of aromatic nitrogens is 4. The summed E-state index contributed by atoms with van der Waals surface area (Å²) in [6.07, 6.45) is 11.4. The van der Waals surface area contributed by atoms with Crippen molar-refractivity contribution in [3.8, 4) is 79.0 Å². The number of pyridine rings is 4. The Balaban J connectivity index is 0.000000199. The van der Waals surface area contributed by atoms with Gasteiger partial charge in [-0.2, -0.15) is 0 Å². The maximum Gasteiger partial charge on any atom is 0.410 e. The van der Waals surface area contributed by atoms with E-state index in [1.807, 2.05) is 133 Å². The molecular formula is C81H86Cl4N10O10. The van der Waals surface area contributed by atoms with Gasteiger partial charge in [0.15, 0.2) is 5.78 Å². The summed E-state index contributed by atoms with van der Waals surface area (Å²) in [4.78, 5) is 96.5. The number of nitrogens with zero attached hydrogens (tertiary/aromatic N) is 6. The molecule has 0 radical (unpaired) electrons. The number of rotatable bonds is 19. The van der Waals surface area contributed by atoms with Crippen LogP contribution in [0, 0.1) is 0 Å². The van der Waals surface area contributed by atoms with E-state index in [-0.39, 0.29) is 67.3 Å². The van der Waals surface area contributed by atoms with Crippen LogP contribution in [0.15, 0.2) is 122 Å². The number of nitrogens with one attached hydrogen (secondary N) is 4. The van der Waals surface area contributed by atoms with E-state index >= 15 is 0 Å². The van der Waals surface area contributed by atoms with E-state index in [0.29, 0.717) is 133 Å². The molecular weight excluding hydrogens is 1410 g/mol. The van der Waals surface area contributed by atoms with Gasteiger partial charge in [-0.05, 0) is 158 Å². The zero-order valence-corrected chi connectivity index (χ0v) is 63.2. The van der Waals surface area contributed by atoms with Crippen molar-refractivity contribution < 1.29 is 47.7 Å². The first-order chi connectivity index (χ1) is 50.3. The molecule has 8 aromatic rings. The van der Waals surface area contributed by atoms with Crippen molar-refractivity contribution in [3.05, 3.63) is 175 Å². The Morgan fingerprint density at radius 1 is 0.495 bits per heavy atom. The summed E-state index contributed by atoms with van der Waals surface area (Å²) in [5, 5.41) is 14.5. The van der Waals surface area contributed by atoms with Crippen LogP contribution < -0.4 is 30.7 Å². The first kappa shape index (κ1) is 75.5. The zero-order valence-electron chi connectivity index (χ0n) is 60.2. The molecule has 13 rings (SSSR count). The number of benzene rings is 4. The van der Waals surface area contributed by atoms with Crippen LogP contribution in [0.3, 0.4) is 0 Å². The number of hydrogen-bond acceptors (Lipinski definition) is 15. The topological polar surface area (TPSA) is 246 Å². The van der Waals surface area contributed by atoms with Crippen LogP contribution in [-0.2, 0) is 49.8 Å². The van der Waals surface area contributed by atoms with Crippen molar-refractivity contribution >= 4 is 82.1 Å². The molecule has 5 aliphatic rings. The zero-order chi connectivity index (χ0) is 74.4. The normalized spacial score (nSPS) is 17.7. The number of carbonyl (C=O) groups excluding carboxylic acids is 6. The summed E-state index contributed by atoms with van der Waals surface area (Å²) in [7, 11) is 3.06. The second-order valence-electron chi connectivity index (χ2n) is 29.2. The largest absolute Gasteiger partial charge is 0.481 e. The predicted molar refractivity (Wildman–Crippen MR) is 408 cm³/mol. The fourth-order valence-corrected chi connectivity index (χ4v) is 15.4. The van der Waals surface area contributed by atoms with Crippen molar-refractivity contribution in [2.45, 2.75) is 167 Å². The lowest BCUT2D eigenvalue weighted by molar-refractivity contribution is -0.120. The van der Waals surface area contributed by atoms with Crippen LogP contribution in [0.2, 0.25) is 20.1 Å². The summed E-state index contributed by atoms with van der Waals surface area (Å²) in [5.74, 6) is 0.913. The maximum absolute atomic E-state index is 13.3. The first-order valence-electron chi connectivity index (χ1n) is 35.6. The molecule has 3 fully saturated rings. The smallest absolute Gasteiger partial charge is 0.410 e. The molecule has 548 valence electrons. The van der Waals surface area contributed by atoms with Crippen molar-refractivity contribution in [2.75, 3.05) is 33.9 Å². The maximum atomic E-state index is 13.3. The van der Waals surface area contributed by atoms with Gasteiger partial charge in [-0.1, -0.05) is 107 Å². The highest BCUT2D eigenvalue weighted by molar-refractivity contribution is 6.40. The van der Waals surface area contributed by atoms with Gasteiger partial charge in [0.1, 0.15) is 11.2 Å². The Hall–Kier alpha value is -9.18. The van der Waals surface area contributed by atoms with E-state index in [1.165, 1.54) is 25.3 Å². The standard InChI is InChI=1S/C43H48Cl2N6O5.C38H38Cl2N4O5/c1-43(2,3)56-42(54)51(24-29-14-18-37(53)49-29)23-27-12-16-35(50-41(27)55-4)33-9-6-8-31(38(33)44)32-19-20-46-40(39(32)45)26-11-15-30-25(21-26)7-5-10-34(30)47-22-28-13-17-36(52)48-28;1-38(2,3)49-37(47)44(21-25-13-16-32(46)42-25)20-24-12-15-30(43-36(24)48-4)29-9-6-8-27(33(29)39)28-17-18-41-35(34(28)40)23-11-14-26-22(19-23)7-5-10-31(26)45/h6,8-9,11-12,15-16,19-21,28-29,34,47H,5,7,10,13-14,17-18,22-24H2,1-4H3,(H,48,52)(H,49,53);6,8-9,11-12,14-15,17-19,25H,5,7,10,13,16,20-21H2,1-4H3,(H,42,46)/t28-,29-,34?;25-/m00/s1. The molecule has 20 nitrogen and oxygen atoms in total. The van der Waals surface area contributed by atoms with Gasteiger partial charge in [0.25, 0.3) is 0 Å². The van der Waals surface area contributed by atoms with Crippen LogP contribution in [-0.4, -0.2) is 129 Å². The van der Waals surface area contributed by atoms with Crippen molar-refractivity contribution in [1.82, 2.24) is 51.0 Å². The Labute approximate surface area is 632 Å². The number of methoxy groups -OCH3 is 2. The molecule has 5 amide bonds. The Bertz CT molecular complexity index is 4660. The van der Waals surface area contributed by atoms with Crippen molar-refractivity contribution in [2.24, 2.45) is 0 Å². The number of halogens is 4. The Kier molecular flexibility index (Phi) is 23.5.